The summed E-state index contributed by atoms with van der Waals surface area (Å²) in [6.07, 6.45) is 0.888. The van der Waals surface area contributed by atoms with Gasteiger partial charge in [0.1, 0.15) is 12.4 Å². The van der Waals surface area contributed by atoms with E-state index in [1.165, 1.54) is 5.56 Å². The first kappa shape index (κ1) is 13.3. The highest BCUT2D eigenvalue weighted by Gasteiger charge is 2.26. The van der Waals surface area contributed by atoms with Gasteiger partial charge in [-0.05, 0) is 24.1 Å². The van der Waals surface area contributed by atoms with Crippen molar-refractivity contribution in [3.8, 4) is 5.75 Å². The zero-order valence-electron chi connectivity index (χ0n) is 10.8. The van der Waals surface area contributed by atoms with Crippen molar-refractivity contribution >= 4 is 0 Å². The second-order valence-corrected chi connectivity index (χ2v) is 4.33. The Bertz CT molecular complexity index is 347. The van der Waals surface area contributed by atoms with Crippen LogP contribution in [0.25, 0.3) is 0 Å². The predicted molar refractivity (Wildman–Crippen MR) is 69.7 cm³/mol. The molecule has 1 unspecified atom stereocenters. The molecule has 1 fully saturated rings. The second kappa shape index (κ2) is 6.73. The molecule has 1 aliphatic heterocycles. The molecule has 0 radical (unpaired) electrons. The summed E-state index contributed by atoms with van der Waals surface area (Å²) in [4.78, 5) is 0. The van der Waals surface area contributed by atoms with Crippen molar-refractivity contribution in [1.29, 1.82) is 0 Å². The highest BCUT2D eigenvalue weighted by molar-refractivity contribution is 5.29. The zero-order chi connectivity index (χ0) is 12.8. The van der Waals surface area contributed by atoms with E-state index < -0.39 is 0 Å². The van der Waals surface area contributed by atoms with Gasteiger partial charge in [-0.3, -0.25) is 0 Å². The van der Waals surface area contributed by atoms with Crippen molar-refractivity contribution in [3.63, 3.8) is 0 Å². The summed E-state index contributed by atoms with van der Waals surface area (Å²) in [6, 6.07) is 8.10. The lowest BCUT2D eigenvalue weighted by molar-refractivity contribution is -0.0617. The van der Waals surface area contributed by atoms with Crippen molar-refractivity contribution in [2.24, 2.45) is 5.73 Å². The normalized spacial score (nSPS) is 17.9. The van der Waals surface area contributed by atoms with Gasteiger partial charge in [0.15, 0.2) is 6.29 Å². The van der Waals surface area contributed by atoms with Gasteiger partial charge in [0.2, 0.25) is 0 Å². The van der Waals surface area contributed by atoms with Crippen LogP contribution in [0.3, 0.4) is 0 Å². The Balaban J connectivity index is 2.02. The first-order valence-corrected chi connectivity index (χ1v) is 6.51. The van der Waals surface area contributed by atoms with Crippen molar-refractivity contribution < 1.29 is 14.2 Å². The van der Waals surface area contributed by atoms with E-state index in [0.717, 1.165) is 12.2 Å². The summed E-state index contributed by atoms with van der Waals surface area (Å²) < 4.78 is 16.6. The molecule has 0 saturated carbocycles. The lowest BCUT2D eigenvalue weighted by atomic mass is 9.96. The van der Waals surface area contributed by atoms with Crippen molar-refractivity contribution in [2.75, 3.05) is 26.4 Å². The van der Waals surface area contributed by atoms with Gasteiger partial charge >= 0.3 is 0 Å². The summed E-state index contributed by atoms with van der Waals surface area (Å²) >= 11 is 0. The topological polar surface area (TPSA) is 53.7 Å². The summed E-state index contributed by atoms with van der Waals surface area (Å²) in [5.41, 5.74) is 6.63. The van der Waals surface area contributed by atoms with Crippen molar-refractivity contribution in [1.82, 2.24) is 0 Å². The standard InChI is InChI=1S/C14H21NO3/c1-2-13(14-17-9-10-18-14)11-3-5-12(6-4-11)16-8-7-15/h3-6,13-14H,2,7-10,15H2,1H3. The molecule has 1 aromatic carbocycles. The average Bonchev–Trinajstić information content (AvgIpc) is 2.93. The fraction of sp³-hybridized carbons (Fsp3) is 0.571. The molecule has 1 heterocycles. The maximum Gasteiger partial charge on any atom is 0.164 e. The number of benzene rings is 1. The molecule has 1 aromatic rings. The smallest absolute Gasteiger partial charge is 0.164 e. The molecule has 2 rings (SSSR count). The van der Waals surface area contributed by atoms with Crippen LogP contribution in [0.15, 0.2) is 24.3 Å². The second-order valence-electron chi connectivity index (χ2n) is 4.33. The monoisotopic (exact) mass is 251 g/mol. The van der Waals surface area contributed by atoms with Crippen LogP contribution >= 0.6 is 0 Å². The van der Waals surface area contributed by atoms with Gasteiger partial charge in [0.05, 0.1) is 13.2 Å². The molecule has 18 heavy (non-hydrogen) atoms. The van der Waals surface area contributed by atoms with Crippen LogP contribution in [-0.2, 0) is 9.47 Å². The highest BCUT2D eigenvalue weighted by Crippen LogP contribution is 2.29. The van der Waals surface area contributed by atoms with Crippen LogP contribution in [0, 0.1) is 0 Å². The summed E-state index contributed by atoms with van der Waals surface area (Å²) in [7, 11) is 0. The Kier molecular flexibility index (Phi) is 4.99. The lowest BCUT2D eigenvalue weighted by Crippen LogP contribution is -2.19. The van der Waals surface area contributed by atoms with Gasteiger partial charge in [-0.2, -0.15) is 0 Å². The number of ether oxygens (including phenoxy) is 3. The molecular formula is C14H21NO3. The molecule has 1 atom stereocenters. The van der Waals surface area contributed by atoms with E-state index in [1.54, 1.807) is 0 Å². The molecule has 0 spiro atoms. The van der Waals surface area contributed by atoms with Gasteiger partial charge in [0.25, 0.3) is 0 Å². The summed E-state index contributed by atoms with van der Waals surface area (Å²) in [5, 5.41) is 0. The Morgan fingerprint density at radius 1 is 1.28 bits per heavy atom. The van der Waals surface area contributed by atoms with E-state index in [-0.39, 0.29) is 12.2 Å². The number of rotatable bonds is 6. The summed E-state index contributed by atoms with van der Waals surface area (Å²) in [5.74, 6) is 1.14. The van der Waals surface area contributed by atoms with Crippen LogP contribution in [-0.4, -0.2) is 32.7 Å². The van der Waals surface area contributed by atoms with Gasteiger partial charge in [0, 0.05) is 12.5 Å². The molecule has 100 valence electrons. The minimum absolute atomic E-state index is 0.106. The fourth-order valence-electron chi connectivity index (χ4n) is 2.18. The van der Waals surface area contributed by atoms with E-state index in [9.17, 15) is 0 Å². The molecule has 1 aliphatic rings. The Morgan fingerprint density at radius 3 is 2.50 bits per heavy atom. The maximum absolute atomic E-state index is 5.59. The first-order valence-electron chi connectivity index (χ1n) is 6.51. The van der Waals surface area contributed by atoms with Crippen LogP contribution in [0.1, 0.15) is 24.8 Å². The van der Waals surface area contributed by atoms with E-state index in [4.69, 9.17) is 19.9 Å². The molecule has 1 saturated heterocycles. The minimum Gasteiger partial charge on any atom is -0.492 e. The fourth-order valence-corrected chi connectivity index (χ4v) is 2.18. The van der Waals surface area contributed by atoms with Gasteiger partial charge in [-0.15, -0.1) is 0 Å². The molecule has 0 amide bonds. The Labute approximate surface area is 108 Å². The number of hydrogen-bond donors (Lipinski definition) is 1. The van der Waals surface area contributed by atoms with Crippen LogP contribution in [0.5, 0.6) is 5.75 Å². The van der Waals surface area contributed by atoms with Crippen molar-refractivity contribution in [3.05, 3.63) is 29.8 Å². The third kappa shape index (κ3) is 3.22. The predicted octanol–water partition coefficient (Wildman–Crippen LogP) is 1.89. The Morgan fingerprint density at radius 2 is 1.94 bits per heavy atom. The van der Waals surface area contributed by atoms with E-state index >= 15 is 0 Å². The SMILES string of the molecule is CCC(c1ccc(OCCN)cc1)C1OCCO1. The van der Waals surface area contributed by atoms with Crippen LogP contribution < -0.4 is 10.5 Å². The maximum atomic E-state index is 5.59. The van der Waals surface area contributed by atoms with E-state index in [2.05, 4.69) is 19.1 Å². The molecule has 2 N–H and O–H groups in total. The minimum atomic E-state index is -0.106. The third-order valence-corrected chi connectivity index (χ3v) is 3.11. The molecular weight excluding hydrogens is 230 g/mol. The molecule has 0 aliphatic carbocycles. The van der Waals surface area contributed by atoms with Gasteiger partial charge < -0.3 is 19.9 Å². The third-order valence-electron chi connectivity index (χ3n) is 3.11. The van der Waals surface area contributed by atoms with Crippen molar-refractivity contribution in [2.45, 2.75) is 25.6 Å². The quantitative estimate of drug-likeness (QED) is 0.839. The van der Waals surface area contributed by atoms with E-state index in [1.807, 2.05) is 12.1 Å². The average molecular weight is 251 g/mol. The van der Waals surface area contributed by atoms with Crippen LogP contribution in [0.2, 0.25) is 0 Å². The Hall–Kier alpha value is -1.10. The van der Waals surface area contributed by atoms with Gasteiger partial charge in [-0.25, -0.2) is 0 Å². The van der Waals surface area contributed by atoms with E-state index in [0.29, 0.717) is 26.4 Å². The van der Waals surface area contributed by atoms with Gasteiger partial charge in [-0.1, -0.05) is 19.1 Å². The molecule has 4 heteroatoms. The lowest BCUT2D eigenvalue weighted by Gasteiger charge is -2.21. The summed E-state index contributed by atoms with van der Waals surface area (Å²) in [6.45, 7) is 4.61. The van der Waals surface area contributed by atoms with Crippen LogP contribution in [0.4, 0.5) is 0 Å². The first-order chi connectivity index (χ1) is 8.85. The molecule has 0 bridgehead atoms. The number of nitrogens with two attached hydrogens (primary N) is 1. The largest absolute Gasteiger partial charge is 0.492 e. The zero-order valence-corrected chi connectivity index (χ0v) is 10.8. The highest BCUT2D eigenvalue weighted by atomic mass is 16.7. The molecule has 0 aromatic heterocycles. The molecule has 4 nitrogen and oxygen atoms in total. The number of hydrogen-bond acceptors (Lipinski definition) is 4.